The van der Waals surface area contributed by atoms with Crippen LogP contribution in [0.15, 0.2) is 58.0 Å². The van der Waals surface area contributed by atoms with Gasteiger partial charge < -0.3 is 20.1 Å². The minimum Gasteiger partial charge on any atom is -0.497 e. The fourth-order valence-corrected chi connectivity index (χ4v) is 3.84. The third kappa shape index (κ3) is 5.26. The smallest absolute Gasteiger partial charge is 0.191 e. The quantitative estimate of drug-likeness (QED) is 0.523. The van der Waals surface area contributed by atoms with E-state index in [0.717, 1.165) is 54.3 Å². The van der Waals surface area contributed by atoms with Crippen LogP contribution in [0.1, 0.15) is 24.0 Å². The van der Waals surface area contributed by atoms with Crippen molar-refractivity contribution >= 4 is 21.9 Å². The van der Waals surface area contributed by atoms with Crippen LogP contribution in [0, 0.1) is 0 Å². The van der Waals surface area contributed by atoms with Crippen molar-refractivity contribution in [2.45, 2.75) is 24.8 Å². The summed E-state index contributed by atoms with van der Waals surface area (Å²) in [5.74, 6) is 1.66. The van der Waals surface area contributed by atoms with Gasteiger partial charge in [-0.2, -0.15) is 0 Å². The van der Waals surface area contributed by atoms with Crippen LogP contribution >= 0.6 is 15.9 Å². The lowest BCUT2D eigenvalue weighted by Crippen LogP contribution is -2.47. The van der Waals surface area contributed by atoms with Crippen molar-refractivity contribution < 1.29 is 9.47 Å². The number of aliphatic imine (C=N–C) groups is 1. The Morgan fingerprint density at radius 2 is 1.89 bits per heavy atom. The van der Waals surface area contributed by atoms with E-state index in [4.69, 9.17) is 9.47 Å². The SMILES string of the molecule is CN=C(NCc1cccc(OC)c1)NCC1(c2ccc(Br)cc2)CCOCC1. The Labute approximate surface area is 175 Å². The number of halogens is 1. The summed E-state index contributed by atoms with van der Waals surface area (Å²) in [5.41, 5.74) is 2.54. The molecule has 0 saturated carbocycles. The molecule has 1 aliphatic heterocycles. The highest BCUT2D eigenvalue weighted by Gasteiger charge is 2.34. The number of ether oxygens (including phenoxy) is 2. The molecule has 1 aliphatic rings. The minimum atomic E-state index is 0.0482. The number of nitrogens with one attached hydrogen (secondary N) is 2. The largest absolute Gasteiger partial charge is 0.497 e. The molecule has 2 aromatic carbocycles. The van der Waals surface area contributed by atoms with Gasteiger partial charge in [0, 0.05) is 43.2 Å². The molecular formula is C22H28BrN3O2. The normalized spacial score (nSPS) is 16.5. The van der Waals surface area contributed by atoms with Crippen molar-refractivity contribution in [3.8, 4) is 5.75 Å². The molecule has 150 valence electrons. The Kier molecular flexibility index (Phi) is 7.34. The highest BCUT2D eigenvalue weighted by Crippen LogP contribution is 2.34. The molecule has 2 N–H and O–H groups in total. The monoisotopic (exact) mass is 445 g/mol. The summed E-state index contributed by atoms with van der Waals surface area (Å²) >= 11 is 3.54. The first kappa shape index (κ1) is 20.7. The number of nitrogens with zero attached hydrogens (tertiary/aromatic N) is 1. The van der Waals surface area contributed by atoms with Gasteiger partial charge in [-0.05, 0) is 48.2 Å². The third-order valence-corrected chi connectivity index (χ3v) is 5.85. The van der Waals surface area contributed by atoms with E-state index in [0.29, 0.717) is 6.54 Å². The van der Waals surface area contributed by atoms with Gasteiger partial charge in [0.05, 0.1) is 7.11 Å². The number of methoxy groups -OCH3 is 1. The summed E-state index contributed by atoms with van der Waals surface area (Å²) in [7, 11) is 3.49. The molecule has 2 aromatic rings. The first-order valence-electron chi connectivity index (χ1n) is 9.56. The summed E-state index contributed by atoms with van der Waals surface area (Å²) in [4.78, 5) is 4.39. The minimum absolute atomic E-state index is 0.0482. The van der Waals surface area contributed by atoms with Gasteiger partial charge in [0.1, 0.15) is 5.75 Å². The van der Waals surface area contributed by atoms with Crippen molar-refractivity contribution in [2.24, 2.45) is 4.99 Å². The summed E-state index contributed by atoms with van der Waals surface area (Å²) in [6.45, 7) is 3.07. The van der Waals surface area contributed by atoms with Gasteiger partial charge in [-0.15, -0.1) is 0 Å². The van der Waals surface area contributed by atoms with E-state index in [-0.39, 0.29) is 5.41 Å². The highest BCUT2D eigenvalue weighted by molar-refractivity contribution is 9.10. The van der Waals surface area contributed by atoms with Crippen LogP contribution < -0.4 is 15.4 Å². The molecule has 0 radical (unpaired) electrons. The van der Waals surface area contributed by atoms with E-state index in [1.165, 1.54) is 5.56 Å². The van der Waals surface area contributed by atoms with Crippen LogP contribution in [0.3, 0.4) is 0 Å². The van der Waals surface area contributed by atoms with Gasteiger partial charge in [0.2, 0.25) is 0 Å². The van der Waals surface area contributed by atoms with Crippen LogP contribution in [0.25, 0.3) is 0 Å². The predicted octanol–water partition coefficient (Wildman–Crippen LogP) is 3.87. The molecular weight excluding hydrogens is 418 g/mol. The van der Waals surface area contributed by atoms with Crippen molar-refractivity contribution in [3.63, 3.8) is 0 Å². The molecule has 0 unspecified atom stereocenters. The van der Waals surface area contributed by atoms with Crippen molar-refractivity contribution in [3.05, 3.63) is 64.1 Å². The van der Waals surface area contributed by atoms with Crippen molar-refractivity contribution in [2.75, 3.05) is 33.9 Å². The average molecular weight is 446 g/mol. The van der Waals surface area contributed by atoms with Crippen molar-refractivity contribution in [1.82, 2.24) is 10.6 Å². The average Bonchev–Trinajstić information content (AvgIpc) is 2.75. The maximum absolute atomic E-state index is 5.64. The molecule has 0 aliphatic carbocycles. The van der Waals surface area contributed by atoms with E-state index < -0.39 is 0 Å². The predicted molar refractivity (Wildman–Crippen MR) is 117 cm³/mol. The second-order valence-corrected chi connectivity index (χ2v) is 7.95. The fraction of sp³-hybridized carbons (Fsp3) is 0.409. The summed E-state index contributed by atoms with van der Waals surface area (Å²) in [6.07, 6.45) is 1.99. The first-order chi connectivity index (χ1) is 13.6. The second kappa shape index (κ2) is 9.94. The van der Waals surface area contributed by atoms with Gasteiger partial charge in [0.15, 0.2) is 5.96 Å². The topological polar surface area (TPSA) is 54.9 Å². The molecule has 0 bridgehead atoms. The standard InChI is InChI=1S/C22H28BrN3O2/c1-24-21(25-15-17-4-3-5-20(14-17)27-2)26-16-22(10-12-28-13-11-22)18-6-8-19(23)9-7-18/h3-9,14H,10-13,15-16H2,1-2H3,(H2,24,25,26). The molecule has 6 heteroatoms. The molecule has 1 heterocycles. The van der Waals surface area contributed by atoms with Gasteiger partial charge in [-0.25, -0.2) is 0 Å². The number of hydrogen-bond donors (Lipinski definition) is 2. The lowest BCUT2D eigenvalue weighted by molar-refractivity contribution is 0.0514. The van der Waals surface area contributed by atoms with Crippen LogP contribution in [0.4, 0.5) is 0 Å². The Morgan fingerprint density at radius 1 is 1.14 bits per heavy atom. The molecule has 0 spiro atoms. The van der Waals surface area contributed by atoms with E-state index in [2.05, 4.69) is 61.9 Å². The number of benzene rings is 2. The third-order valence-electron chi connectivity index (χ3n) is 5.32. The van der Waals surface area contributed by atoms with Gasteiger partial charge in [-0.1, -0.05) is 40.2 Å². The molecule has 0 amide bonds. The molecule has 0 aromatic heterocycles. The molecule has 5 nitrogen and oxygen atoms in total. The lowest BCUT2D eigenvalue weighted by Gasteiger charge is -2.38. The fourth-order valence-electron chi connectivity index (χ4n) is 3.57. The maximum atomic E-state index is 5.64. The Bertz CT molecular complexity index is 787. The van der Waals surface area contributed by atoms with E-state index in [1.807, 2.05) is 18.2 Å². The Balaban J connectivity index is 1.65. The highest BCUT2D eigenvalue weighted by atomic mass is 79.9. The van der Waals surface area contributed by atoms with Crippen LogP contribution in [-0.2, 0) is 16.7 Å². The Morgan fingerprint density at radius 3 is 2.57 bits per heavy atom. The van der Waals surface area contributed by atoms with E-state index >= 15 is 0 Å². The molecule has 1 saturated heterocycles. The van der Waals surface area contributed by atoms with E-state index in [1.54, 1.807) is 14.2 Å². The van der Waals surface area contributed by atoms with Crippen LogP contribution in [0.5, 0.6) is 5.75 Å². The van der Waals surface area contributed by atoms with Gasteiger partial charge in [-0.3, -0.25) is 4.99 Å². The maximum Gasteiger partial charge on any atom is 0.191 e. The van der Waals surface area contributed by atoms with Gasteiger partial charge >= 0.3 is 0 Å². The number of hydrogen-bond acceptors (Lipinski definition) is 3. The van der Waals surface area contributed by atoms with Crippen LogP contribution in [-0.4, -0.2) is 39.9 Å². The summed E-state index contributed by atoms with van der Waals surface area (Å²) < 4.78 is 12.0. The summed E-state index contributed by atoms with van der Waals surface area (Å²) in [5, 5.41) is 6.93. The molecule has 28 heavy (non-hydrogen) atoms. The zero-order valence-electron chi connectivity index (χ0n) is 16.5. The molecule has 0 atom stereocenters. The second-order valence-electron chi connectivity index (χ2n) is 7.03. The number of rotatable bonds is 6. The number of guanidine groups is 1. The van der Waals surface area contributed by atoms with Crippen molar-refractivity contribution in [1.29, 1.82) is 0 Å². The van der Waals surface area contributed by atoms with Gasteiger partial charge in [0.25, 0.3) is 0 Å². The summed E-state index contributed by atoms with van der Waals surface area (Å²) in [6, 6.07) is 16.7. The molecule has 3 rings (SSSR count). The zero-order valence-corrected chi connectivity index (χ0v) is 18.1. The zero-order chi connectivity index (χ0) is 19.8. The lowest BCUT2D eigenvalue weighted by atomic mass is 9.74. The molecule has 1 fully saturated rings. The van der Waals surface area contributed by atoms with Crippen LogP contribution in [0.2, 0.25) is 0 Å². The van der Waals surface area contributed by atoms with E-state index in [9.17, 15) is 0 Å². The first-order valence-corrected chi connectivity index (χ1v) is 10.4. The Hall–Kier alpha value is -2.05.